The summed E-state index contributed by atoms with van der Waals surface area (Å²) >= 11 is 6.16. The van der Waals surface area contributed by atoms with Crippen LogP contribution in [0.1, 0.15) is 10.4 Å². The molecule has 5 rings (SSSR count). The number of halogens is 2. The Morgan fingerprint density at radius 3 is 2.48 bits per heavy atom. The summed E-state index contributed by atoms with van der Waals surface area (Å²) in [6.07, 6.45) is 1.55. The number of hydrazine groups is 1. The van der Waals surface area contributed by atoms with Crippen LogP contribution in [-0.2, 0) is 11.3 Å². The Balaban J connectivity index is 1.68. The van der Waals surface area contributed by atoms with Crippen LogP contribution in [0, 0.1) is 5.82 Å². The van der Waals surface area contributed by atoms with E-state index in [0.29, 0.717) is 41.3 Å². The molecule has 0 aliphatic carbocycles. The van der Waals surface area contributed by atoms with Gasteiger partial charge < -0.3 is 0 Å². The van der Waals surface area contributed by atoms with Crippen LogP contribution in [-0.4, -0.2) is 33.0 Å². The van der Waals surface area contributed by atoms with Gasteiger partial charge >= 0.3 is 5.91 Å². The Morgan fingerprint density at radius 1 is 1.00 bits per heavy atom. The molecule has 9 heteroatoms. The molecule has 7 nitrogen and oxygen atoms in total. The van der Waals surface area contributed by atoms with Crippen LogP contribution < -0.4 is 10.4 Å². The number of Topliss-reactive ketones (excluding diaryl/α,β-unsaturated/α-hetero) is 1. The fourth-order valence-electron chi connectivity index (χ4n) is 3.79. The molecule has 0 bridgehead atoms. The highest BCUT2D eigenvalue weighted by Gasteiger charge is 2.34. The molecule has 164 valence electrons. The van der Waals surface area contributed by atoms with Crippen LogP contribution in [0.2, 0.25) is 5.15 Å². The van der Waals surface area contributed by atoms with E-state index in [1.54, 1.807) is 65.5 Å². The third-order valence-electron chi connectivity index (χ3n) is 5.30. The quantitative estimate of drug-likeness (QED) is 0.281. The van der Waals surface area contributed by atoms with Gasteiger partial charge in [0.1, 0.15) is 16.7 Å². The molecule has 1 aliphatic heterocycles. The highest BCUT2D eigenvalue weighted by atomic mass is 35.5. The number of carbonyl (C=O) groups is 2. The van der Waals surface area contributed by atoms with Crippen LogP contribution in [0.25, 0.3) is 22.4 Å². The van der Waals surface area contributed by atoms with E-state index in [-0.39, 0.29) is 16.5 Å². The van der Waals surface area contributed by atoms with E-state index in [0.717, 1.165) is 0 Å². The number of rotatable bonds is 4. The minimum absolute atomic E-state index is 0.263. The van der Waals surface area contributed by atoms with Crippen molar-refractivity contribution in [3.8, 4) is 22.4 Å². The van der Waals surface area contributed by atoms with Crippen molar-refractivity contribution in [2.24, 2.45) is 0 Å². The Morgan fingerprint density at radius 2 is 1.76 bits per heavy atom. The van der Waals surface area contributed by atoms with Crippen molar-refractivity contribution in [2.45, 2.75) is 6.54 Å². The molecule has 0 unspecified atom stereocenters. The van der Waals surface area contributed by atoms with Gasteiger partial charge in [0.2, 0.25) is 0 Å². The molecule has 0 atom stereocenters. The summed E-state index contributed by atoms with van der Waals surface area (Å²) in [5, 5.41) is 6.20. The highest BCUT2D eigenvalue weighted by molar-refractivity contribution is 6.47. The predicted octanol–water partition coefficient (Wildman–Crippen LogP) is 4.14. The lowest BCUT2D eigenvalue weighted by Crippen LogP contribution is -2.51. The van der Waals surface area contributed by atoms with E-state index in [4.69, 9.17) is 16.7 Å². The maximum Gasteiger partial charge on any atom is 0.315 e. The van der Waals surface area contributed by atoms with Gasteiger partial charge in [0, 0.05) is 23.9 Å². The zero-order valence-corrected chi connectivity index (χ0v) is 18.0. The zero-order chi connectivity index (χ0) is 22.9. The van der Waals surface area contributed by atoms with Gasteiger partial charge in [0.15, 0.2) is 5.82 Å². The number of amides is 1. The van der Waals surface area contributed by atoms with Gasteiger partial charge in [-0.1, -0.05) is 41.9 Å². The minimum atomic E-state index is -0.742. The van der Waals surface area contributed by atoms with Gasteiger partial charge in [0.05, 0.1) is 12.1 Å². The van der Waals surface area contributed by atoms with Crippen molar-refractivity contribution in [3.05, 3.63) is 89.5 Å². The Bertz CT molecular complexity index is 1360. The number of hydrogen-bond donors (Lipinski definition) is 1. The van der Waals surface area contributed by atoms with Crippen LogP contribution in [0.4, 0.5) is 10.2 Å². The molecule has 2 aromatic heterocycles. The molecule has 2 aromatic carbocycles. The zero-order valence-electron chi connectivity index (χ0n) is 17.2. The molecular weight excluding hydrogens is 445 g/mol. The van der Waals surface area contributed by atoms with Crippen molar-refractivity contribution in [1.82, 2.24) is 20.2 Å². The Labute approximate surface area is 193 Å². The Hall–Kier alpha value is -3.88. The number of nitrogens with zero attached hydrogens (tertiary/aromatic N) is 4. The normalized spacial score (nSPS) is 13.0. The maximum atomic E-state index is 13.6. The van der Waals surface area contributed by atoms with Crippen molar-refractivity contribution in [3.63, 3.8) is 0 Å². The minimum Gasteiger partial charge on any atom is -0.283 e. The molecule has 1 N–H and O–H groups in total. The van der Waals surface area contributed by atoms with E-state index in [2.05, 4.69) is 10.4 Å². The van der Waals surface area contributed by atoms with Crippen molar-refractivity contribution < 1.29 is 14.0 Å². The number of anilines is 1. The van der Waals surface area contributed by atoms with Crippen LogP contribution in [0.3, 0.4) is 0 Å². The topological polar surface area (TPSA) is 80.1 Å². The molecule has 0 radical (unpaired) electrons. The second-order valence-corrected chi connectivity index (χ2v) is 7.78. The molecule has 0 fully saturated rings. The number of hydrogen-bond acceptors (Lipinski definition) is 5. The first-order valence-electron chi connectivity index (χ1n) is 10.2. The molecule has 0 spiro atoms. The summed E-state index contributed by atoms with van der Waals surface area (Å²) in [6.45, 7) is 0.855. The summed E-state index contributed by atoms with van der Waals surface area (Å²) in [5.41, 5.74) is 5.72. The van der Waals surface area contributed by atoms with Gasteiger partial charge in [-0.25, -0.2) is 24.5 Å². The SMILES string of the molecule is O=C(C(=O)N1NCCn2nc(-c3ccc(F)cc3)c(-c3ccnc(Cl)c3)c21)c1ccccc1. The summed E-state index contributed by atoms with van der Waals surface area (Å²) < 4.78 is 15.2. The second-order valence-electron chi connectivity index (χ2n) is 7.39. The molecule has 3 heterocycles. The first kappa shape index (κ1) is 21.0. The highest BCUT2D eigenvalue weighted by Crippen LogP contribution is 2.40. The number of aromatic nitrogens is 3. The van der Waals surface area contributed by atoms with Gasteiger partial charge in [-0.15, -0.1) is 0 Å². The standard InChI is InChI=1S/C24H17ClFN5O2/c25-19-14-17(10-11-27-19)20-21(15-6-8-18(26)9-7-15)29-30-13-12-28-31(23(20)30)24(33)22(32)16-4-2-1-3-5-16/h1-11,14,28H,12-13H2. The van der Waals surface area contributed by atoms with Crippen molar-refractivity contribution >= 4 is 29.1 Å². The monoisotopic (exact) mass is 461 g/mol. The average Bonchev–Trinajstić information content (AvgIpc) is 3.24. The number of pyridine rings is 1. The maximum absolute atomic E-state index is 13.6. The number of fused-ring (bicyclic) bond motifs is 1. The molecule has 4 aromatic rings. The fourth-order valence-corrected chi connectivity index (χ4v) is 3.97. The first-order chi connectivity index (χ1) is 16.0. The lowest BCUT2D eigenvalue weighted by atomic mass is 10.0. The molecule has 33 heavy (non-hydrogen) atoms. The summed E-state index contributed by atoms with van der Waals surface area (Å²) in [7, 11) is 0. The number of nitrogens with one attached hydrogen (secondary N) is 1. The van der Waals surface area contributed by atoms with Gasteiger partial charge in [-0.3, -0.25) is 9.59 Å². The van der Waals surface area contributed by atoms with Crippen molar-refractivity contribution in [2.75, 3.05) is 11.6 Å². The van der Waals surface area contributed by atoms with E-state index in [1.165, 1.54) is 17.1 Å². The average molecular weight is 462 g/mol. The molecule has 1 amide bonds. The van der Waals surface area contributed by atoms with E-state index < -0.39 is 11.7 Å². The van der Waals surface area contributed by atoms with Gasteiger partial charge in [-0.05, 0) is 42.0 Å². The molecule has 0 saturated carbocycles. The lowest BCUT2D eigenvalue weighted by molar-refractivity contribution is -0.115. The van der Waals surface area contributed by atoms with E-state index in [9.17, 15) is 14.0 Å². The van der Waals surface area contributed by atoms with E-state index >= 15 is 0 Å². The number of benzene rings is 2. The summed E-state index contributed by atoms with van der Waals surface area (Å²) in [6, 6.07) is 17.7. The van der Waals surface area contributed by atoms with Crippen LogP contribution in [0.15, 0.2) is 72.9 Å². The number of ketones is 1. The first-order valence-corrected chi connectivity index (χ1v) is 10.6. The van der Waals surface area contributed by atoms with Crippen molar-refractivity contribution in [1.29, 1.82) is 0 Å². The third kappa shape index (κ3) is 3.90. The largest absolute Gasteiger partial charge is 0.315 e. The lowest BCUT2D eigenvalue weighted by Gasteiger charge is -2.29. The summed E-state index contributed by atoms with van der Waals surface area (Å²) in [5.74, 6) is -1.37. The number of carbonyl (C=O) groups excluding carboxylic acids is 2. The second kappa shape index (κ2) is 8.57. The third-order valence-corrected chi connectivity index (χ3v) is 5.50. The van der Waals surface area contributed by atoms with Gasteiger partial charge in [0.25, 0.3) is 5.78 Å². The molecule has 1 aliphatic rings. The van der Waals surface area contributed by atoms with Crippen LogP contribution >= 0.6 is 11.6 Å². The Kier molecular flexibility index (Phi) is 5.45. The smallest absolute Gasteiger partial charge is 0.283 e. The fraction of sp³-hybridized carbons (Fsp3) is 0.0833. The molecule has 0 saturated heterocycles. The summed E-state index contributed by atoms with van der Waals surface area (Å²) in [4.78, 5) is 30.3. The predicted molar refractivity (Wildman–Crippen MR) is 122 cm³/mol. The van der Waals surface area contributed by atoms with Crippen LogP contribution in [0.5, 0.6) is 0 Å². The van der Waals surface area contributed by atoms with Gasteiger partial charge in [-0.2, -0.15) is 5.10 Å². The van der Waals surface area contributed by atoms with E-state index in [1.807, 2.05) is 0 Å². The molecular formula is C24H17ClFN5O2.